The first-order valence-electron chi connectivity index (χ1n) is 6.52. The quantitative estimate of drug-likeness (QED) is 0.886. The summed E-state index contributed by atoms with van der Waals surface area (Å²) in [5.74, 6) is -0.207. The number of benzene rings is 1. The van der Waals surface area contributed by atoms with Crippen molar-refractivity contribution < 1.29 is 4.39 Å². The van der Waals surface area contributed by atoms with Crippen LogP contribution in [-0.2, 0) is 6.54 Å². The molecule has 2 rings (SSSR count). The van der Waals surface area contributed by atoms with Gasteiger partial charge in [0.15, 0.2) is 0 Å². The molecular weight excluding hydrogens is 229 g/mol. The second-order valence-electron chi connectivity index (χ2n) is 5.10. The fraction of sp³-hybridized carbons (Fsp3) is 0.571. The lowest BCUT2D eigenvalue weighted by molar-refractivity contribution is 0.314. The molecule has 4 heteroatoms. The van der Waals surface area contributed by atoms with E-state index in [1.54, 1.807) is 6.07 Å². The van der Waals surface area contributed by atoms with Gasteiger partial charge in [0.1, 0.15) is 5.82 Å². The van der Waals surface area contributed by atoms with Crippen molar-refractivity contribution in [2.75, 3.05) is 32.1 Å². The Morgan fingerprint density at radius 3 is 2.89 bits per heavy atom. The summed E-state index contributed by atoms with van der Waals surface area (Å²) in [5, 5.41) is 0. The molecule has 3 nitrogen and oxygen atoms in total. The maximum absolute atomic E-state index is 13.7. The van der Waals surface area contributed by atoms with E-state index in [0.717, 1.165) is 18.8 Å². The van der Waals surface area contributed by atoms with E-state index in [4.69, 9.17) is 5.73 Å². The Morgan fingerprint density at radius 2 is 2.28 bits per heavy atom. The van der Waals surface area contributed by atoms with Gasteiger partial charge in [-0.2, -0.15) is 0 Å². The summed E-state index contributed by atoms with van der Waals surface area (Å²) < 4.78 is 13.7. The van der Waals surface area contributed by atoms with Crippen LogP contribution < -0.4 is 10.6 Å². The molecule has 1 saturated heterocycles. The first kappa shape index (κ1) is 13.3. The number of hydrogen-bond acceptors (Lipinski definition) is 3. The monoisotopic (exact) mass is 251 g/mol. The van der Waals surface area contributed by atoms with Gasteiger partial charge in [0.25, 0.3) is 0 Å². The Bertz CT molecular complexity index is 408. The third kappa shape index (κ3) is 2.65. The van der Waals surface area contributed by atoms with Crippen molar-refractivity contribution in [3.8, 4) is 0 Å². The number of hydrogen-bond donors (Lipinski definition) is 1. The molecule has 1 heterocycles. The van der Waals surface area contributed by atoms with Crippen LogP contribution in [0.3, 0.4) is 0 Å². The second-order valence-corrected chi connectivity index (χ2v) is 5.10. The average molecular weight is 251 g/mol. The lowest BCUT2D eigenvalue weighted by atomic mass is 10.1. The van der Waals surface area contributed by atoms with Crippen LogP contribution in [0.5, 0.6) is 0 Å². The van der Waals surface area contributed by atoms with Crippen molar-refractivity contribution in [3.63, 3.8) is 0 Å². The molecule has 0 radical (unpaired) electrons. The Balaban J connectivity index is 2.13. The third-order valence-corrected chi connectivity index (χ3v) is 3.87. The standard InChI is InChI=1S/C14H22FN3/c1-17-8-4-5-11(17)10-18(2)14-7-3-6-13(15)12(14)9-16/h3,6-7,11H,4-5,8-10,16H2,1-2H3. The minimum absolute atomic E-state index is 0.207. The minimum atomic E-state index is -0.207. The van der Waals surface area contributed by atoms with Crippen LogP contribution in [0.4, 0.5) is 10.1 Å². The number of halogens is 1. The summed E-state index contributed by atoms with van der Waals surface area (Å²) in [4.78, 5) is 4.50. The Labute approximate surface area is 108 Å². The highest BCUT2D eigenvalue weighted by molar-refractivity contribution is 5.53. The first-order valence-corrected chi connectivity index (χ1v) is 6.52. The topological polar surface area (TPSA) is 32.5 Å². The highest BCUT2D eigenvalue weighted by atomic mass is 19.1. The van der Waals surface area contributed by atoms with E-state index in [-0.39, 0.29) is 12.4 Å². The van der Waals surface area contributed by atoms with Crippen molar-refractivity contribution in [2.24, 2.45) is 5.73 Å². The summed E-state index contributed by atoms with van der Waals surface area (Å²) in [7, 11) is 4.17. The summed E-state index contributed by atoms with van der Waals surface area (Å²) in [6, 6.07) is 5.73. The molecule has 1 aliphatic rings. The van der Waals surface area contributed by atoms with Crippen LogP contribution in [0.15, 0.2) is 18.2 Å². The molecule has 2 N–H and O–H groups in total. The van der Waals surface area contributed by atoms with Gasteiger partial charge in [-0.3, -0.25) is 0 Å². The molecule has 0 spiro atoms. The highest BCUT2D eigenvalue weighted by Gasteiger charge is 2.23. The van der Waals surface area contributed by atoms with E-state index in [1.165, 1.54) is 18.9 Å². The zero-order valence-electron chi connectivity index (χ0n) is 11.2. The summed E-state index contributed by atoms with van der Waals surface area (Å²) in [5.41, 5.74) is 7.17. The van der Waals surface area contributed by atoms with Crippen LogP contribution in [-0.4, -0.2) is 38.1 Å². The average Bonchev–Trinajstić information content (AvgIpc) is 2.74. The van der Waals surface area contributed by atoms with E-state index in [1.807, 2.05) is 13.1 Å². The molecule has 0 bridgehead atoms. The molecule has 0 amide bonds. The van der Waals surface area contributed by atoms with Crippen LogP contribution in [0, 0.1) is 5.82 Å². The summed E-state index contributed by atoms with van der Waals surface area (Å²) in [6.07, 6.45) is 2.47. The number of anilines is 1. The van der Waals surface area contributed by atoms with Gasteiger partial charge in [0, 0.05) is 37.4 Å². The van der Waals surface area contributed by atoms with E-state index in [9.17, 15) is 4.39 Å². The van der Waals surface area contributed by atoms with Crippen molar-refractivity contribution in [2.45, 2.75) is 25.4 Å². The van der Waals surface area contributed by atoms with Gasteiger partial charge in [0.05, 0.1) is 0 Å². The van der Waals surface area contributed by atoms with Crippen molar-refractivity contribution in [3.05, 3.63) is 29.6 Å². The number of rotatable bonds is 4. The predicted molar refractivity (Wildman–Crippen MR) is 73.2 cm³/mol. The summed E-state index contributed by atoms with van der Waals surface area (Å²) >= 11 is 0. The van der Waals surface area contributed by atoms with E-state index >= 15 is 0 Å². The zero-order valence-corrected chi connectivity index (χ0v) is 11.2. The van der Waals surface area contributed by atoms with Crippen LogP contribution in [0.25, 0.3) is 0 Å². The van der Waals surface area contributed by atoms with Crippen molar-refractivity contribution in [1.82, 2.24) is 4.90 Å². The smallest absolute Gasteiger partial charge is 0.129 e. The largest absolute Gasteiger partial charge is 0.373 e. The molecule has 100 valence electrons. The number of nitrogens with zero attached hydrogens (tertiary/aromatic N) is 2. The molecule has 1 aliphatic heterocycles. The molecule has 0 saturated carbocycles. The van der Waals surface area contributed by atoms with Crippen LogP contribution in [0.1, 0.15) is 18.4 Å². The van der Waals surface area contributed by atoms with Crippen LogP contribution in [0.2, 0.25) is 0 Å². The molecule has 1 aromatic carbocycles. The van der Waals surface area contributed by atoms with Gasteiger partial charge < -0.3 is 15.5 Å². The minimum Gasteiger partial charge on any atom is -0.373 e. The normalized spacial score (nSPS) is 20.3. The van der Waals surface area contributed by atoms with Gasteiger partial charge in [-0.05, 0) is 38.6 Å². The van der Waals surface area contributed by atoms with Crippen LogP contribution >= 0.6 is 0 Å². The maximum Gasteiger partial charge on any atom is 0.129 e. The van der Waals surface area contributed by atoms with Crippen molar-refractivity contribution >= 4 is 5.69 Å². The lowest BCUT2D eigenvalue weighted by Crippen LogP contribution is -2.37. The highest BCUT2D eigenvalue weighted by Crippen LogP contribution is 2.24. The van der Waals surface area contributed by atoms with Gasteiger partial charge in [-0.1, -0.05) is 6.07 Å². The molecule has 0 aromatic heterocycles. The predicted octanol–water partition coefficient (Wildman–Crippen LogP) is 1.81. The third-order valence-electron chi connectivity index (χ3n) is 3.87. The SMILES string of the molecule is CN(CC1CCCN1C)c1cccc(F)c1CN. The molecule has 1 unspecified atom stereocenters. The van der Waals surface area contributed by atoms with Gasteiger partial charge in [0.2, 0.25) is 0 Å². The van der Waals surface area contributed by atoms with E-state index in [0.29, 0.717) is 11.6 Å². The van der Waals surface area contributed by atoms with Gasteiger partial charge in [-0.25, -0.2) is 4.39 Å². The molecule has 1 aromatic rings. The fourth-order valence-electron chi connectivity index (χ4n) is 2.73. The number of likely N-dealkylation sites (N-methyl/N-ethyl adjacent to an activating group) is 2. The Hall–Kier alpha value is -1.13. The first-order chi connectivity index (χ1) is 8.63. The molecule has 1 fully saturated rings. The second kappa shape index (κ2) is 5.67. The maximum atomic E-state index is 13.7. The molecule has 18 heavy (non-hydrogen) atoms. The molecule has 0 aliphatic carbocycles. The Kier molecular flexibility index (Phi) is 4.19. The van der Waals surface area contributed by atoms with Gasteiger partial charge in [-0.15, -0.1) is 0 Å². The van der Waals surface area contributed by atoms with E-state index < -0.39 is 0 Å². The van der Waals surface area contributed by atoms with Gasteiger partial charge >= 0.3 is 0 Å². The zero-order chi connectivity index (χ0) is 13.1. The van der Waals surface area contributed by atoms with Crippen molar-refractivity contribution in [1.29, 1.82) is 0 Å². The molecular formula is C14H22FN3. The fourth-order valence-corrected chi connectivity index (χ4v) is 2.73. The van der Waals surface area contributed by atoms with E-state index in [2.05, 4.69) is 16.8 Å². The summed E-state index contributed by atoms with van der Waals surface area (Å²) in [6.45, 7) is 2.32. The molecule has 1 atom stereocenters. The number of likely N-dealkylation sites (tertiary alicyclic amines) is 1. The Morgan fingerprint density at radius 1 is 1.50 bits per heavy atom. The lowest BCUT2D eigenvalue weighted by Gasteiger charge is -2.28. The number of nitrogens with two attached hydrogens (primary N) is 1.